The van der Waals surface area contributed by atoms with Crippen molar-refractivity contribution in [1.29, 1.82) is 0 Å². The fraction of sp³-hybridized carbons (Fsp3) is 0.318. The number of hydrogen-bond donors (Lipinski definition) is 1. The van der Waals surface area contributed by atoms with Crippen LogP contribution in [0, 0.1) is 0 Å². The topological polar surface area (TPSA) is 47.6 Å². The lowest BCUT2D eigenvalue weighted by atomic mass is 10.2. The molecule has 0 radical (unpaired) electrons. The van der Waals surface area contributed by atoms with E-state index in [0.29, 0.717) is 24.7 Å². The van der Waals surface area contributed by atoms with Crippen LogP contribution in [0.2, 0.25) is 0 Å². The number of ether oxygens (including phenoxy) is 2. The average Bonchev–Trinajstić information content (AvgIpc) is 2.69. The lowest BCUT2D eigenvalue weighted by molar-refractivity contribution is -0.116. The lowest BCUT2D eigenvalue weighted by Crippen LogP contribution is -2.21. The van der Waals surface area contributed by atoms with Gasteiger partial charge < -0.3 is 14.8 Å². The van der Waals surface area contributed by atoms with Crippen LogP contribution in [0.4, 0.5) is 0 Å². The Labute approximate surface area is 155 Å². The number of hydrogen-bond acceptors (Lipinski definition) is 3. The average molecular weight is 353 g/mol. The van der Waals surface area contributed by atoms with E-state index < -0.39 is 0 Å². The van der Waals surface area contributed by atoms with Crippen molar-refractivity contribution in [2.24, 2.45) is 0 Å². The predicted octanol–water partition coefficient (Wildman–Crippen LogP) is 4.59. The van der Waals surface area contributed by atoms with Gasteiger partial charge in [-0.3, -0.25) is 4.79 Å². The van der Waals surface area contributed by atoms with Crippen LogP contribution in [0.25, 0.3) is 6.08 Å². The van der Waals surface area contributed by atoms with E-state index >= 15 is 0 Å². The zero-order chi connectivity index (χ0) is 18.6. The number of carbonyl (C=O) groups is 1. The van der Waals surface area contributed by atoms with Crippen molar-refractivity contribution in [2.45, 2.75) is 32.8 Å². The highest BCUT2D eigenvalue weighted by atomic mass is 16.5. The molecule has 0 aliphatic heterocycles. The molecule has 0 saturated heterocycles. The molecule has 1 N–H and O–H groups in total. The van der Waals surface area contributed by atoms with Gasteiger partial charge in [0.15, 0.2) is 11.5 Å². The largest absolute Gasteiger partial charge is 0.493 e. The van der Waals surface area contributed by atoms with Crippen LogP contribution in [-0.2, 0) is 11.4 Å². The molecule has 0 aromatic heterocycles. The van der Waals surface area contributed by atoms with Gasteiger partial charge >= 0.3 is 0 Å². The summed E-state index contributed by atoms with van der Waals surface area (Å²) in [6.07, 6.45) is 6.61. The second-order valence-corrected chi connectivity index (χ2v) is 6.02. The Bertz CT molecular complexity index is 711. The van der Waals surface area contributed by atoms with Gasteiger partial charge in [0, 0.05) is 12.6 Å². The van der Waals surface area contributed by atoms with Crippen molar-refractivity contribution in [3.63, 3.8) is 0 Å². The molecule has 2 rings (SSSR count). The number of nitrogens with one attached hydrogen (secondary N) is 1. The van der Waals surface area contributed by atoms with Crippen molar-refractivity contribution < 1.29 is 14.3 Å². The first-order valence-electron chi connectivity index (χ1n) is 9.03. The van der Waals surface area contributed by atoms with Gasteiger partial charge in [-0.05, 0) is 35.8 Å². The predicted molar refractivity (Wildman–Crippen MR) is 105 cm³/mol. The van der Waals surface area contributed by atoms with E-state index in [9.17, 15) is 4.79 Å². The molecule has 0 aliphatic carbocycles. The third-order valence-electron chi connectivity index (χ3n) is 3.93. The van der Waals surface area contributed by atoms with Gasteiger partial charge in [-0.25, -0.2) is 0 Å². The second-order valence-electron chi connectivity index (χ2n) is 6.02. The maximum atomic E-state index is 11.8. The number of rotatable bonds is 10. The molecule has 0 heterocycles. The van der Waals surface area contributed by atoms with Gasteiger partial charge in [0.1, 0.15) is 6.61 Å². The van der Waals surface area contributed by atoms with Crippen molar-refractivity contribution >= 4 is 12.0 Å². The molecule has 26 heavy (non-hydrogen) atoms. The molecule has 1 amide bonds. The van der Waals surface area contributed by atoms with E-state index in [2.05, 4.69) is 12.2 Å². The van der Waals surface area contributed by atoms with Crippen LogP contribution in [0.3, 0.4) is 0 Å². The van der Waals surface area contributed by atoms with Crippen LogP contribution >= 0.6 is 0 Å². The summed E-state index contributed by atoms with van der Waals surface area (Å²) in [6.45, 7) is 3.33. The quantitative estimate of drug-likeness (QED) is 0.502. The van der Waals surface area contributed by atoms with Gasteiger partial charge in [-0.2, -0.15) is 0 Å². The van der Waals surface area contributed by atoms with Crippen LogP contribution in [0.15, 0.2) is 54.6 Å². The third-order valence-corrected chi connectivity index (χ3v) is 3.93. The smallest absolute Gasteiger partial charge is 0.243 e. The zero-order valence-corrected chi connectivity index (χ0v) is 15.5. The Morgan fingerprint density at radius 3 is 2.62 bits per heavy atom. The van der Waals surface area contributed by atoms with Crippen LogP contribution in [-0.4, -0.2) is 19.6 Å². The highest BCUT2D eigenvalue weighted by Crippen LogP contribution is 2.29. The van der Waals surface area contributed by atoms with Crippen LogP contribution in [0.1, 0.15) is 37.3 Å². The number of amides is 1. The molecular formula is C22H27NO3. The fourth-order valence-electron chi connectivity index (χ4n) is 2.46. The highest BCUT2D eigenvalue weighted by Gasteiger charge is 2.05. The van der Waals surface area contributed by atoms with E-state index in [4.69, 9.17) is 9.47 Å². The Hall–Kier alpha value is -2.75. The molecule has 0 atom stereocenters. The zero-order valence-electron chi connectivity index (χ0n) is 15.5. The minimum absolute atomic E-state index is 0.0792. The van der Waals surface area contributed by atoms with Gasteiger partial charge in [0.05, 0.1) is 7.11 Å². The molecule has 2 aromatic rings. The molecule has 0 aliphatic rings. The fourth-order valence-corrected chi connectivity index (χ4v) is 2.46. The molecule has 0 spiro atoms. The SMILES string of the molecule is CCCCCNC(=O)/C=C/c1ccc(OCc2ccccc2)c(OC)c1. The van der Waals surface area contributed by atoms with Gasteiger partial charge in [-0.15, -0.1) is 0 Å². The standard InChI is InChI=1S/C22H27NO3/c1-3-4-8-15-23-22(24)14-12-18-11-13-20(21(16-18)25-2)26-17-19-9-6-5-7-10-19/h5-7,9-14,16H,3-4,8,15,17H2,1-2H3,(H,23,24)/b14-12+. The van der Waals surface area contributed by atoms with Crippen molar-refractivity contribution in [2.75, 3.05) is 13.7 Å². The van der Waals surface area contributed by atoms with E-state index in [1.54, 1.807) is 19.3 Å². The Morgan fingerprint density at radius 1 is 1.08 bits per heavy atom. The van der Waals surface area contributed by atoms with E-state index in [1.807, 2.05) is 48.5 Å². The summed E-state index contributed by atoms with van der Waals surface area (Å²) in [5.41, 5.74) is 1.98. The summed E-state index contributed by atoms with van der Waals surface area (Å²) in [7, 11) is 1.61. The summed E-state index contributed by atoms with van der Waals surface area (Å²) < 4.78 is 11.3. The first-order chi connectivity index (χ1) is 12.7. The number of unbranched alkanes of at least 4 members (excludes halogenated alkanes) is 2. The van der Waals surface area contributed by atoms with Crippen molar-refractivity contribution in [3.05, 3.63) is 65.7 Å². The molecule has 4 heteroatoms. The first kappa shape index (κ1) is 19.6. The molecular weight excluding hydrogens is 326 g/mol. The molecule has 0 unspecified atom stereocenters. The summed E-state index contributed by atoms with van der Waals surface area (Å²) in [4.78, 5) is 11.8. The maximum absolute atomic E-state index is 11.8. The molecule has 0 fully saturated rings. The summed E-state index contributed by atoms with van der Waals surface area (Å²) in [5, 5.41) is 2.88. The molecule has 2 aromatic carbocycles. The Balaban J connectivity index is 1.92. The first-order valence-corrected chi connectivity index (χ1v) is 9.03. The number of carbonyl (C=O) groups excluding carboxylic acids is 1. The maximum Gasteiger partial charge on any atom is 0.243 e. The van der Waals surface area contributed by atoms with Gasteiger partial charge in [0.2, 0.25) is 5.91 Å². The lowest BCUT2D eigenvalue weighted by Gasteiger charge is -2.11. The number of benzene rings is 2. The molecule has 138 valence electrons. The third kappa shape index (κ3) is 6.63. The molecule has 4 nitrogen and oxygen atoms in total. The Morgan fingerprint density at radius 2 is 1.88 bits per heavy atom. The van der Waals surface area contributed by atoms with Crippen LogP contribution < -0.4 is 14.8 Å². The highest BCUT2D eigenvalue weighted by molar-refractivity contribution is 5.91. The van der Waals surface area contributed by atoms with Gasteiger partial charge in [-0.1, -0.05) is 56.2 Å². The van der Waals surface area contributed by atoms with E-state index in [1.165, 1.54) is 0 Å². The minimum Gasteiger partial charge on any atom is -0.493 e. The molecule has 0 saturated carbocycles. The minimum atomic E-state index is -0.0792. The van der Waals surface area contributed by atoms with E-state index in [0.717, 1.165) is 30.4 Å². The van der Waals surface area contributed by atoms with Crippen LogP contribution in [0.5, 0.6) is 11.5 Å². The second kappa shape index (κ2) is 11.0. The Kier molecular flexibility index (Phi) is 8.27. The monoisotopic (exact) mass is 353 g/mol. The van der Waals surface area contributed by atoms with Crippen molar-refractivity contribution in [1.82, 2.24) is 5.32 Å². The molecule has 0 bridgehead atoms. The van der Waals surface area contributed by atoms with Gasteiger partial charge in [0.25, 0.3) is 0 Å². The number of methoxy groups -OCH3 is 1. The van der Waals surface area contributed by atoms with E-state index in [-0.39, 0.29) is 5.91 Å². The van der Waals surface area contributed by atoms with Crippen molar-refractivity contribution in [3.8, 4) is 11.5 Å². The summed E-state index contributed by atoms with van der Waals surface area (Å²) >= 11 is 0. The summed E-state index contributed by atoms with van der Waals surface area (Å²) in [5.74, 6) is 1.24. The summed E-state index contributed by atoms with van der Waals surface area (Å²) in [6, 6.07) is 15.6. The normalized spacial score (nSPS) is 10.7.